The fourth-order valence-corrected chi connectivity index (χ4v) is 3.33. The number of carbonyl (C=O) groups excluding carboxylic acids is 1. The topological polar surface area (TPSA) is 51.2 Å². The molecule has 0 saturated carbocycles. The molecule has 0 bridgehead atoms. The Morgan fingerprint density at radius 3 is 2.62 bits per heavy atom. The number of hydrogen-bond acceptors (Lipinski definition) is 4. The molecule has 1 heterocycles. The molecule has 1 N–H and O–H groups in total. The van der Waals surface area contributed by atoms with Gasteiger partial charge in [0.15, 0.2) is 0 Å². The summed E-state index contributed by atoms with van der Waals surface area (Å²) in [5.41, 5.74) is 1.67. The van der Waals surface area contributed by atoms with E-state index in [9.17, 15) is 9.18 Å². The number of aromatic nitrogens is 1. The van der Waals surface area contributed by atoms with E-state index in [4.69, 9.17) is 4.74 Å². The Labute approximate surface area is 155 Å². The second-order valence-electron chi connectivity index (χ2n) is 5.76. The van der Waals surface area contributed by atoms with Gasteiger partial charge in [-0.1, -0.05) is 30.3 Å². The maximum absolute atomic E-state index is 12.9. The number of thiazole rings is 1. The molecular weight excluding hydrogens is 351 g/mol. The van der Waals surface area contributed by atoms with Crippen molar-refractivity contribution >= 4 is 17.2 Å². The van der Waals surface area contributed by atoms with Gasteiger partial charge in [0.25, 0.3) is 5.91 Å². The van der Waals surface area contributed by atoms with E-state index < -0.39 is 0 Å². The third-order valence-corrected chi connectivity index (χ3v) is 4.89. The van der Waals surface area contributed by atoms with Crippen LogP contribution in [0.3, 0.4) is 0 Å². The lowest BCUT2D eigenvalue weighted by Gasteiger charge is -2.04. The summed E-state index contributed by atoms with van der Waals surface area (Å²) in [5.74, 6) is 0.363. The molecule has 0 spiro atoms. The minimum Gasteiger partial charge on any atom is -0.486 e. The van der Waals surface area contributed by atoms with E-state index in [2.05, 4.69) is 10.3 Å². The maximum atomic E-state index is 12.9. The molecule has 0 fully saturated rings. The highest BCUT2D eigenvalue weighted by Crippen LogP contribution is 2.20. The van der Waals surface area contributed by atoms with Gasteiger partial charge in [0.1, 0.15) is 28.1 Å². The molecule has 0 saturated heterocycles. The molecular formula is C20H19FN2O2S. The van der Waals surface area contributed by atoms with Crippen LogP contribution in [-0.4, -0.2) is 17.4 Å². The first kappa shape index (κ1) is 18.1. The molecule has 0 aliphatic carbocycles. The normalized spacial score (nSPS) is 10.5. The first-order valence-corrected chi connectivity index (χ1v) is 9.10. The molecule has 1 amide bonds. The molecule has 0 unspecified atom stereocenters. The summed E-state index contributed by atoms with van der Waals surface area (Å²) in [6, 6.07) is 15.8. The zero-order chi connectivity index (χ0) is 18.4. The van der Waals surface area contributed by atoms with Crippen LogP contribution >= 0.6 is 11.3 Å². The van der Waals surface area contributed by atoms with E-state index in [-0.39, 0.29) is 11.7 Å². The molecule has 1 aromatic heterocycles. The van der Waals surface area contributed by atoms with Crippen molar-refractivity contribution in [1.29, 1.82) is 0 Å². The Balaban J connectivity index is 1.52. The number of carbonyl (C=O) groups is 1. The summed E-state index contributed by atoms with van der Waals surface area (Å²) in [7, 11) is 0. The van der Waals surface area contributed by atoms with E-state index in [1.807, 2.05) is 37.3 Å². The van der Waals surface area contributed by atoms with Crippen molar-refractivity contribution in [2.45, 2.75) is 20.0 Å². The molecule has 4 nitrogen and oxygen atoms in total. The SMILES string of the molecule is Cc1nc(COc2ccccc2)sc1C(=O)NCCc1ccc(F)cc1. The number of ether oxygens (including phenoxy) is 1. The number of nitrogens with zero attached hydrogens (tertiary/aromatic N) is 1. The summed E-state index contributed by atoms with van der Waals surface area (Å²) >= 11 is 1.34. The number of aryl methyl sites for hydroxylation is 1. The molecule has 134 valence electrons. The van der Waals surface area contributed by atoms with Crippen molar-refractivity contribution < 1.29 is 13.9 Å². The maximum Gasteiger partial charge on any atom is 0.263 e. The van der Waals surface area contributed by atoms with Crippen LogP contribution in [0.5, 0.6) is 5.75 Å². The van der Waals surface area contributed by atoms with Gasteiger partial charge < -0.3 is 10.1 Å². The average Bonchev–Trinajstić information content (AvgIpc) is 3.03. The third-order valence-electron chi connectivity index (χ3n) is 3.77. The molecule has 0 atom stereocenters. The highest BCUT2D eigenvalue weighted by atomic mass is 32.1. The monoisotopic (exact) mass is 370 g/mol. The third kappa shape index (κ3) is 4.89. The van der Waals surface area contributed by atoms with Crippen LogP contribution in [0.4, 0.5) is 4.39 Å². The fraction of sp³-hybridized carbons (Fsp3) is 0.200. The van der Waals surface area contributed by atoms with Crippen molar-refractivity contribution in [3.8, 4) is 5.75 Å². The predicted molar refractivity (Wildman–Crippen MR) is 100 cm³/mol. The first-order valence-electron chi connectivity index (χ1n) is 8.28. The van der Waals surface area contributed by atoms with E-state index >= 15 is 0 Å². The van der Waals surface area contributed by atoms with Crippen LogP contribution in [0.25, 0.3) is 0 Å². The number of nitrogens with one attached hydrogen (secondary N) is 1. The predicted octanol–water partition coefficient (Wildman–Crippen LogP) is 4.14. The van der Waals surface area contributed by atoms with Gasteiger partial charge in [0, 0.05) is 6.54 Å². The number of hydrogen-bond donors (Lipinski definition) is 1. The Hall–Kier alpha value is -2.73. The number of para-hydroxylation sites is 1. The van der Waals surface area contributed by atoms with Gasteiger partial charge in [-0.25, -0.2) is 9.37 Å². The van der Waals surface area contributed by atoms with E-state index in [0.29, 0.717) is 30.1 Å². The summed E-state index contributed by atoms with van der Waals surface area (Å²) < 4.78 is 18.6. The second kappa shape index (κ2) is 8.58. The van der Waals surface area contributed by atoms with Gasteiger partial charge in [-0.2, -0.15) is 0 Å². The largest absolute Gasteiger partial charge is 0.486 e. The van der Waals surface area contributed by atoms with Gasteiger partial charge in [-0.3, -0.25) is 4.79 Å². The van der Waals surface area contributed by atoms with Gasteiger partial charge in [-0.05, 0) is 43.2 Å². The standard InChI is InChI=1S/C20H19FN2O2S/c1-14-19(20(24)22-12-11-15-7-9-16(21)10-8-15)26-18(23-14)13-25-17-5-3-2-4-6-17/h2-10H,11-13H2,1H3,(H,22,24). The average molecular weight is 370 g/mol. The van der Waals surface area contributed by atoms with E-state index in [1.165, 1.54) is 23.5 Å². The van der Waals surface area contributed by atoms with Gasteiger partial charge >= 0.3 is 0 Å². The Bertz CT molecular complexity index is 863. The van der Waals surface area contributed by atoms with Gasteiger partial charge in [-0.15, -0.1) is 11.3 Å². The van der Waals surface area contributed by atoms with Gasteiger partial charge in [0.05, 0.1) is 5.69 Å². The molecule has 0 aliphatic rings. The minimum absolute atomic E-state index is 0.145. The number of amides is 1. The van der Waals surface area contributed by atoms with Crippen molar-refractivity contribution in [1.82, 2.24) is 10.3 Å². The number of halogens is 1. The van der Waals surface area contributed by atoms with Crippen LogP contribution in [0.1, 0.15) is 25.9 Å². The number of benzene rings is 2. The lowest BCUT2D eigenvalue weighted by molar-refractivity contribution is 0.0957. The molecule has 2 aromatic carbocycles. The summed E-state index contributed by atoms with van der Waals surface area (Å²) in [4.78, 5) is 17.4. The zero-order valence-corrected chi connectivity index (χ0v) is 15.2. The van der Waals surface area contributed by atoms with Crippen molar-refractivity contribution in [2.75, 3.05) is 6.54 Å². The van der Waals surface area contributed by atoms with Gasteiger partial charge in [0.2, 0.25) is 0 Å². The van der Waals surface area contributed by atoms with Crippen LogP contribution in [0, 0.1) is 12.7 Å². The Morgan fingerprint density at radius 1 is 1.15 bits per heavy atom. The summed E-state index contributed by atoms with van der Waals surface area (Å²) in [6.45, 7) is 2.63. The lowest BCUT2D eigenvalue weighted by Crippen LogP contribution is -2.25. The quantitative estimate of drug-likeness (QED) is 0.680. The van der Waals surface area contributed by atoms with Crippen LogP contribution in [0.2, 0.25) is 0 Å². The number of rotatable bonds is 7. The highest BCUT2D eigenvalue weighted by Gasteiger charge is 2.15. The van der Waals surface area contributed by atoms with Crippen molar-refractivity contribution in [3.63, 3.8) is 0 Å². The lowest BCUT2D eigenvalue weighted by atomic mass is 10.1. The molecule has 3 aromatic rings. The highest BCUT2D eigenvalue weighted by molar-refractivity contribution is 7.13. The van der Waals surface area contributed by atoms with E-state index in [0.717, 1.165) is 16.3 Å². The Morgan fingerprint density at radius 2 is 1.88 bits per heavy atom. The summed E-state index contributed by atoms with van der Waals surface area (Å²) in [6.07, 6.45) is 0.647. The molecule has 26 heavy (non-hydrogen) atoms. The minimum atomic E-state index is -0.261. The first-order chi connectivity index (χ1) is 12.6. The molecule has 3 rings (SSSR count). The second-order valence-corrected chi connectivity index (χ2v) is 6.84. The zero-order valence-electron chi connectivity index (χ0n) is 14.4. The smallest absolute Gasteiger partial charge is 0.263 e. The van der Waals surface area contributed by atoms with Crippen LogP contribution < -0.4 is 10.1 Å². The Kier molecular flexibility index (Phi) is 5.96. The van der Waals surface area contributed by atoms with Crippen LogP contribution in [-0.2, 0) is 13.0 Å². The van der Waals surface area contributed by atoms with Crippen molar-refractivity contribution in [2.24, 2.45) is 0 Å². The van der Waals surface area contributed by atoms with E-state index in [1.54, 1.807) is 12.1 Å². The molecule has 0 aliphatic heterocycles. The van der Waals surface area contributed by atoms with Crippen LogP contribution in [0.15, 0.2) is 54.6 Å². The fourth-order valence-electron chi connectivity index (χ4n) is 2.44. The molecule has 0 radical (unpaired) electrons. The summed E-state index contributed by atoms with van der Waals surface area (Å²) in [5, 5.41) is 3.65. The van der Waals surface area contributed by atoms with Crippen molar-refractivity contribution in [3.05, 3.63) is 81.6 Å². The molecule has 6 heteroatoms.